The van der Waals surface area contributed by atoms with Crippen molar-refractivity contribution in [3.8, 4) is 5.75 Å². The minimum absolute atomic E-state index is 0.386. The van der Waals surface area contributed by atoms with E-state index in [9.17, 15) is 5.11 Å². The van der Waals surface area contributed by atoms with E-state index >= 15 is 0 Å². The van der Waals surface area contributed by atoms with E-state index < -0.39 is 0 Å². The second kappa shape index (κ2) is 6.38. The van der Waals surface area contributed by atoms with Gasteiger partial charge in [-0.3, -0.25) is 4.68 Å². The molecule has 0 unspecified atom stereocenters. The minimum atomic E-state index is -0.386. The molecular weight excluding hydrogens is 240 g/mol. The van der Waals surface area contributed by atoms with Crippen LogP contribution in [0.4, 0.5) is 0 Å². The van der Waals surface area contributed by atoms with Gasteiger partial charge in [-0.2, -0.15) is 5.10 Å². The monoisotopic (exact) mass is 260 g/mol. The number of benzene rings is 1. The highest BCUT2D eigenvalue weighted by Crippen LogP contribution is 2.19. The molecule has 2 rings (SSSR count). The summed E-state index contributed by atoms with van der Waals surface area (Å²) in [7, 11) is 1.93. The van der Waals surface area contributed by atoms with Gasteiger partial charge in [-0.15, -0.1) is 0 Å². The van der Waals surface area contributed by atoms with Crippen molar-refractivity contribution in [2.75, 3.05) is 6.61 Å². The molecule has 1 aromatic carbocycles. The van der Waals surface area contributed by atoms with Gasteiger partial charge in [0.1, 0.15) is 5.75 Å². The molecule has 2 aromatic rings. The largest absolute Gasteiger partial charge is 0.493 e. The van der Waals surface area contributed by atoms with Crippen molar-refractivity contribution in [1.82, 2.24) is 9.78 Å². The number of aromatic nitrogens is 2. The summed E-state index contributed by atoms with van der Waals surface area (Å²) in [6.07, 6.45) is 2.95. The SMILES string of the molecule is CC[C@H](O)c1ccc(OCCc2ccnn2C)cc1. The Bertz CT molecular complexity index is 505. The zero-order chi connectivity index (χ0) is 13.7. The van der Waals surface area contributed by atoms with Crippen LogP contribution in [-0.4, -0.2) is 21.5 Å². The zero-order valence-electron chi connectivity index (χ0n) is 11.4. The van der Waals surface area contributed by atoms with Gasteiger partial charge in [-0.05, 0) is 30.2 Å². The molecule has 0 amide bonds. The molecule has 0 saturated heterocycles. The highest BCUT2D eigenvalue weighted by Gasteiger charge is 2.04. The minimum Gasteiger partial charge on any atom is -0.493 e. The van der Waals surface area contributed by atoms with Crippen molar-refractivity contribution in [2.45, 2.75) is 25.9 Å². The van der Waals surface area contributed by atoms with Gasteiger partial charge in [-0.1, -0.05) is 19.1 Å². The molecule has 0 aliphatic carbocycles. The molecule has 1 atom stereocenters. The number of hydrogen-bond donors (Lipinski definition) is 1. The van der Waals surface area contributed by atoms with Gasteiger partial charge in [0.25, 0.3) is 0 Å². The van der Waals surface area contributed by atoms with E-state index in [4.69, 9.17) is 4.74 Å². The van der Waals surface area contributed by atoms with Crippen molar-refractivity contribution in [2.24, 2.45) is 7.05 Å². The molecule has 0 aliphatic heterocycles. The Morgan fingerprint density at radius 1 is 1.26 bits per heavy atom. The van der Waals surface area contributed by atoms with Crippen LogP contribution < -0.4 is 4.74 Å². The summed E-state index contributed by atoms with van der Waals surface area (Å²) in [4.78, 5) is 0. The fourth-order valence-corrected chi connectivity index (χ4v) is 1.94. The molecular formula is C15H20N2O2. The first-order valence-electron chi connectivity index (χ1n) is 6.58. The molecule has 102 valence electrons. The summed E-state index contributed by atoms with van der Waals surface area (Å²) in [6.45, 7) is 2.58. The predicted molar refractivity (Wildman–Crippen MR) is 74.1 cm³/mol. The van der Waals surface area contributed by atoms with Gasteiger partial charge in [0.05, 0.1) is 12.7 Å². The lowest BCUT2D eigenvalue weighted by Crippen LogP contribution is -2.06. The third-order valence-corrected chi connectivity index (χ3v) is 3.20. The van der Waals surface area contributed by atoms with Gasteiger partial charge in [-0.25, -0.2) is 0 Å². The summed E-state index contributed by atoms with van der Waals surface area (Å²) in [5, 5.41) is 13.8. The van der Waals surface area contributed by atoms with E-state index in [2.05, 4.69) is 5.10 Å². The van der Waals surface area contributed by atoms with E-state index in [-0.39, 0.29) is 6.10 Å². The highest BCUT2D eigenvalue weighted by molar-refractivity contribution is 5.28. The first-order valence-corrected chi connectivity index (χ1v) is 6.58. The predicted octanol–water partition coefficient (Wildman–Crippen LogP) is 2.49. The number of ether oxygens (including phenoxy) is 1. The van der Waals surface area contributed by atoms with E-state index in [0.29, 0.717) is 6.61 Å². The molecule has 4 heteroatoms. The lowest BCUT2D eigenvalue weighted by Gasteiger charge is -2.10. The Morgan fingerprint density at radius 2 is 2.00 bits per heavy atom. The summed E-state index contributed by atoms with van der Waals surface area (Å²) in [6, 6.07) is 9.61. The Labute approximate surface area is 113 Å². The van der Waals surface area contributed by atoms with Gasteiger partial charge in [0, 0.05) is 25.4 Å². The van der Waals surface area contributed by atoms with E-state index in [1.807, 2.05) is 49.0 Å². The molecule has 0 radical (unpaired) electrons. The Morgan fingerprint density at radius 3 is 2.58 bits per heavy atom. The van der Waals surface area contributed by atoms with Crippen molar-refractivity contribution in [1.29, 1.82) is 0 Å². The zero-order valence-corrected chi connectivity index (χ0v) is 11.4. The second-order valence-corrected chi connectivity index (χ2v) is 4.54. The fraction of sp³-hybridized carbons (Fsp3) is 0.400. The summed E-state index contributed by atoms with van der Waals surface area (Å²) in [5.41, 5.74) is 2.08. The van der Waals surface area contributed by atoms with E-state index in [0.717, 1.165) is 29.8 Å². The first-order chi connectivity index (χ1) is 9.20. The summed E-state index contributed by atoms with van der Waals surface area (Å²) >= 11 is 0. The van der Waals surface area contributed by atoms with Crippen LogP contribution >= 0.6 is 0 Å². The van der Waals surface area contributed by atoms with Crippen LogP contribution in [0.25, 0.3) is 0 Å². The van der Waals surface area contributed by atoms with Crippen molar-refractivity contribution < 1.29 is 9.84 Å². The molecule has 1 N–H and O–H groups in total. The van der Waals surface area contributed by atoms with Crippen molar-refractivity contribution in [3.05, 3.63) is 47.8 Å². The van der Waals surface area contributed by atoms with Gasteiger partial charge >= 0.3 is 0 Å². The third kappa shape index (κ3) is 3.58. The second-order valence-electron chi connectivity index (χ2n) is 4.54. The smallest absolute Gasteiger partial charge is 0.119 e. The molecule has 4 nitrogen and oxygen atoms in total. The number of nitrogens with zero attached hydrogens (tertiary/aromatic N) is 2. The van der Waals surface area contributed by atoms with Crippen LogP contribution in [0, 0.1) is 0 Å². The number of hydrogen-bond acceptors (Lipinski definition) is 3. The van der Waals surface area contributed by atoms with Crippen LogP contribution in [0.3, 0.4) is 0 Å². The lowest BCUT2D eigenvalue weighted by molar-refractivity contribution is 0.173. The molecule has 0 fully saturated rings. The highest BCUT2D eigenvalue weighted by atomic mass is 16.5. The van der Waals surface area contributed by atoms with Crippen LogP contribution in [-0.2, 0) is 13.5 Å². The summed E-state index contributed by atoms with van der Waals surface area (Å²) in [5.74, 6) is 0.828. The molecule has 0 spiro atoms. The molecule has 1 aromatic heterocycles. The van der Waals surface area contributed by atoms with E-state index in [1.54, 1.807) is 6.20 Å². The normalized spacial score (nSPS) is 12.4. The topological polar surface area (TPSA) is 47.3 Å². The van der Waals surface area contributed by atoms with Crippen LogP contribution in [0.1, 0.15) is 30.7 Å². The number of aryl methyl sites for hydroxylation is 1. The Hall–Kier alpha value is -1.81. The first kappa shape index (κ1) is 13.6. The molecule has 0 bridgehead atoms. The third-order valence-electron chi connectivity index (χ3n) is 3.20. The molecule has 0 aliphatic rings. The molecule has 0 saturated carbocycles. The van der Waals surface area contributed by atoms with E-state index in [1.165, 1.54) is 0 Å². The van der Waals surface area contributed by atoms with Crippen LogP contribution in [0.15, 0.2) is 36.5 Å². The van der Waals surface area contributed by atoms with Crippen LogP contribution in [0.5, 0.6) is 5.75 Å². The summed E-state index contributed by atoms with van der Waals surface area (Å²) < 4.78 is 7.53. The average molecular weight is 260 g/mol. The van der Waals surface area contributed by atoms with Crippen molar-refractivity contribution in [3.63, 3.8) is 0 Å². The van der Waals surface area contributed by atoms with Crippen LogP contribution in [0.2, 0.25) is 0 Å². The Balaban J connectivity index is 1.85. The maximum absolute atomic E-state index is 9.70. The van der Waals surface area contributed by atoms with Crippen molar-refractivity contribution >= 4 is 0 Å². The van der Waals surface area contributed by atoms with Gasteiger partial charge in [0.2, 0.25) is 0 Å². The molecule has 1 heterocycles. The maximum Gasteiger partial charge on any atom is 0.119 e. The average Bonchev–Trinajstić information content (AvgIpc) is 2.84. The Kier molecular flexibility index (Phi) is 4.58. The maximum atomic E-state index is 9.70. The number of aliphatic hydroxyl groups excluding tert-OH is 1. The lowest BCUT2D eigenvalue weighted by atomic mass is 10.1. The van der Waals surface area contributed by atoms with Gasteiger partial charge in [0.15, 0.2) is 0 Å². The molecule has 19 heavy (non-hydrogen) atoms. The standard InChI is InChI=1S/C15H20N2O2/c1-3-15(18)12-4-6-14(7-5-12)19-11-9-13-8-10-16-17(13)2/h4-8,10,15,18H,3,9,11H2,1-2H3/t15-/m0/s1. The van der Waals surface area contributed by atoms with Gasteiger partial charge < -0.3 is 9.84 Å². The fourth-order valence-electron chi connectivity index (χ4n) is 1.94. The number of rotatable bonds is 6. The quantitative estimate of drug-likeness (QED) is 0.868. The number of aliphatic hydroxyl groups is 1.